The van der Waals surface area contributed by atoms with Crippen molar-refractivity contribution in [1.29, 1.82) is 0 Å². The Kier molecular flexibility index (Phi) is 5.37. The summed E-state index contributed by atoms with van der Waals surface area (Å²) in [6, 6.07) is 11.8. The van der Waals surface area contributed by atoms with E-state index in [4.69, 9.17) is 20.9 Å². The van der Waals surface area contributed by atoms with Crippen molar-refractivity contribution in [2.24, 2.45) is 0 Å². The van der Waals surface area contributed by atoms with Crippen LogP contribution in [0.3, 0.4) is 0 Å². The average molecular weight is 392 g/mol. The quantitative estimate of drug-likeness (QED) is 0.504. The van der Waals surface area contributed by atoms with E-state index in [1.54, 1.807) is 6.07 Å². The Morgan fingerprint density at radius 1 is 0.655 bits per heavy atom. The second-order valence-electron chi connectivity index (χ2n) is 7.14. The summed E-state index contributed by atoms with van der Waals surface area (Å²) in [7, 11) is 0. The molecule has 0 aliphatic carbocycles. The molecule has 3 aromatic rings. The van der Waals surface area contributed by atoms with Crippen molar-refractivity contribution in [1.82, 2.24) is 0 Å². The highest BCUT2D eigenvalue weighted by molar-refractivity contribution is 5.88. The molecule has 0 aromatic heterocycles. The van der Waals surface area contributed by atoms with Crippen LogP contribution >= 0.6 is 0 Å². The largest absolute Gasteiger partial charge is 0.478 e. The number of nitrogen functional groups attached to an aromatic ring is 2. The fraction of sp³-hybridized carbons (Fsp3) is 0.174. The predicted molar refractivity (Wildman–Crippen MR) is 114 cm³/mol. The number of anilines is 2. The minimum atomic E-state index is -1.07. The average Bonchev–Trinajstić information content (AvgIpc) is 2.63. The number of carboxylic acids is 1. The first kappa shape index (κ1) is 20.1. The van der Waals surface area contributed by atoms with Gasteiger partial charge in [-0.1, -0.05) is 0 Å². The molecule has 0 radical (unpaired) electrons. The molecule has 0 saturated heterocycles. The molecule has 6 heteroatoms. The smallest absolute Gasteiger partial charge is 0.335 e. The molecule has 6 nitrogen and oxygen atoms in total. The number of nitrogens with two attached hydrogens (primary N) is 2. The number of carboxylic acid groups (broad SMARTS) is 1. The molecule has 0 bridgehead atoms. The Labute approximate surface area is 169 Å². The number of aromatic carboxylic acids is 1. The molecule has 0 heterocycles. The zero-order valence-electron chi connectivity index (χ0n) is 16.9. The molecule has 5 N–H and O–H groups in total. The van der Waals surface area contributed by atoms with E-state index in [0.29, 0.717) is 34.4 Å². The van der Waals surface area contributed by atoms with Gasteiger partial charge in [0.15, 0.2) is 0 Å². The molecule has 0 spiro atoms. The van der Waals surface area contributed by atoms with Gasteiger partial charge in [0, 0.05) is 17.4 Å². The van der Waals surface area contributed by atoms with E-state index < -0.39 is 5.97 Å². The number of carbonyl (C=O) groups is 1. The Bertz CT molecular complexity index is 982. The summed E-state index contributed by atoms with van der Waals surface area (Å²) >= 11 is 0. The zero-order valence-corrected chi connectivity index (χ0v) is 16.9. The van der Waals surface area contributed by atoms with E-state index in [1.165, 1.54) is 12.1 Å². The van der Waals surface area contributed by atoms with Crippen molar-refractivity contribution in [3.63, 3.8) is 0 Å². The minimum Gasteiger partial charge on any atom is -0.478 e. The summed E-state index contributed by atoms with van der Waals surface area (Å²) in [5, 5.41) is 9.47. The van der Waals surface area contributed by atoms with Crippen LogP contribution in [0.2, 0.25) is 0 Å². The highest BCUT2D eigenvalue weighted by Crippen LogP contribution is 2.33. The first-order valence-electron chi connectivity index (χ1n) is 9.11. The Balaban J connectivity index is 1.97. The highest BCUT2D eigenvalue weighted by Gasteiger charge is 2.12. The van der Waals surface area contributed by atoms with Gasteiger partial charge in [0.05, 0.1) is 5.56 Å². The molecule has 29 heavy (non-hydrogen) atoms. The van der Waals surface area contributed by atoms with Crippen LogP contribution < -0.4 is 20.9 Å². The summed E-state index contributed by atoms with van der Waals surface area (Å²) in [5.74, 6) is 0.776. The van der Waals surface area contributed by atoms with Gasteiger partial charge in [0.1, 0.15) is 23.0 Å². The normalized spacial score (nSPS) is 10.6. The number of hydrogen-bond donors (Lipinski definition) is 3. The van der Waals surface area contributed by atoms with Crippen molar-refractivity contribution < 1.29 is 19.4 Å². The lowest BCUT2D eigenvalue weighted by Crippen LogP contribution is -1.99. The van der Waals surface area contributed by atoms with E-state index in [0.717, 1.165) is 22.3 Å². The Hall–Kier alpha value is -3.67. The molecule has 3 aromatic carbocycles. The third kappa shape index (κ3) is 4.43. The fourth-order valence-electron chi connectivity index (χ4n) is 3.07. The maximum atomic E-state index is 11.6. The molecule has 0 saturated carbocycles. The van der Waals surface area contributed by atoms with Crippen LogP contribution in [0.15, 0.2) is 42.5 Å². The van der Waals surface area contributed by atoms with Crippen LogP contribution in [-0.2, 0) is 0 Å². The molecule has 0 amide bonds. The number of ether oxygens (including phenoxy) is 2. The number of aryl methyl sites for hydroxylation is 4. The molecule has 0 atom stereocenters. The van der Waals surface area contributed by atoms with Gasteiger partial charge in [-0.3, -0.25) is 0 Å². The van der Waals surface area contributed by atoms with Gasteiger partial charge in [-0.05, 0) is 86.3 Å². The molecule has 0 aliphatic rings. The van der Waals surface area contributed by atoms with E-state index >= 15 is 0 Å². The molecule has 0 fully saturated rings. The molecule has 3 rings (SSSR count). The molecule has 150 valence electrons. The van der Waals surface area contributed by atoms with Gasteiger partial charge in [-0.2, -0.15) is 0 Å². The van der Waals surface area contributed by atoms with Crippen LogP contribution in [0.25, 0.3) is 0 Å². The summed E-state index contributed by atoms with van der Waals surface area (Å²) in [5.41, 5.74) is 17.0. The number of rotatable bonds is 5. The lowest BCUT2D eigenvalue weighted by atomic mass is 10.1. The second-order valence-corrected chi connectivity index (χ2v) is 7.14. The van der Waals surface area contributed by atoms with Crippen molar-refractivity contribution in [3.05, 3.63) is 70.3 Å². The van der Waals surface area contributed by atoms with Gasteiger partial charge in [0.25, 0.3) is 0 Å². The molecule has 0 aliphatic heterocycles. The Morgan fingerprint density at radius 3 is 1.28 bits per heavy atom. The first-order chi connectivity index (χ1) is 13.6. The third-order valence-electron chi connectivity index (χ3n) is 4.73. The molecular weight excluding hydrogens is 368 g/mol. The monoisotopic (exact) mass is 392 g/mol. The van der Waals surface area contributed by atoms with Crippen LogP contribution in [0.4, 0.5) is 11.4 Å². The van der Waals surface area contributed by atoms with Gasteiger partial charge < -0.3 is 26.0 Å². The van der Waals surface area contributed by atoms with Crippen LogP contribution in [0.5, 0.6) is 23.0 Å². The minimum absolute atomic E-state index is 0.0604. The van der Waals surface area contributed by atoms with E-state index in [2.05, 4.69) is 0 Å². The van der Waals surface area contributed by atoms with Gasteiger partial charge >= 0.3 is 5.97 Å². The highest BCUT2D eigenvalue weighted by atomic mass is 16.5. The summed E-state index contributed by atoms with van der Waals surface area (Å²) < 4.78 is 11.8. The Morgan fingerprint density at radius 2 is 0.966 bits per heavy atom. The molecule has 0 unspecified atom stereocenters. The number of benzene rings is 3. The van der Waals surface area contributed by atoms with Crippen molar-refractivity contribution in [2.75, 3.05) is 11.5 Å². The van der Waals surface area contributed by atoms with E-state index in [1.807, 2.05) is 52.0 Å². The van der Waals surface area contributed by atoms with Gasteiger partial charge in [0.2, 0.25) is 0 Å². The SMILES string of the molecule is Cc1cc(Oc2cc(Oc3cc(C)c(N)c(C)c3)cc(C(=O)O)c2)cc(C)c1N. The maximum Gasteiger partial charge on any atom is 0.335 e. The van der Waals surface area contributed by atoms with Gasteiger partial charge in [-0.15, -0.1) is 0 Å². The standard InChI is InChI=1S/C23H24N2O4/c1-12-5-17(6-13(2)21(12)24)28-19-9-16(23(26)27)10-20(11-19)29-18-7-14(3)22(25)15(4)8-18/h5-11H,24-25H2,1-4H3,(H,26,27). The summed E-state index contributed by atoms with van der Waals surface area (Å²) in [6.45, 7) is 7.57. The zero-order chi connectivity index (χ0) is 21.3. The summed E-state index contributed by atoms with van der Waals surface area (Å²) in [6.07, 6.45) is 0. The van der Waals surface area contributed by atoms with Crippen LogP contribution in [-0.4, -0.2) is 11.1 Å². The number of hydrogen-bond acceptors (Lipinski definition) is 5. The summed E-state index contributed by atoms with van der Waals surface area (Å²) in [4.78, 5) is 11.6. The van der Waals surface area contributed by atoms with Gasteiger partial charge in [-0.25, -0.2) is 4.79 Å². The van der Waals surface area contributed by atoms with E-state index in [9.17, 15) is 9.90 Å². The molecular formula is C23H24N2O4. The fourth-order valence-corrected chi connectivity index (χ4v) is 3.07. The first-order valence-corrected chi connectivity index (χ1v) is 9.11. The second kappa shape index (κ2) is 7.75. The maximum absolute atomic E-state index is 11.6. The van der Waals surface area contributed by atoms with Crippen LogP contribution in [0, 0.1) is 27.7 Å². The van der Waals surface area contributed by atoms with Crippen LogP contribution in [0.1, 0.15) is 32.6 Å². The predicted octanol–water partition coefficient (Wildman–Crippen LogP) is 5.37. The third-order valence-corrected chi connectivity index (χ3v) is 4.73. The topological polar surface area (TPSA) is 108 Å². The van der Waals surface area contributed by atoms with Crippen molar-refractivity contribution in [3.8, 4) is 23.0 Å². The van der Waals surface area contributed by atoms with Crippen molar-refractivity contribution in [2.45, 2.75) is 27.7 Å². The lowest BCUT2D eigenvalue weighted by Gasteiger charge is -2.14. The lowest BCUT2D eigenvalue weighted by molar-refractivity contribution is 0.0696. The van der Waals surface area contributed by atoms with Crippen molar-refractivity contribution >= 4 is 17.3 Å². The van der Waals surface area contributed by atoms with E-state index in [-0.39, 0.29) is 5.56 Å².